The number of aromatic nitrogens is 5. The lowest BCUT2D eigenvalue weighted by atomic mass is 10.0. The lowest BCUT2D eigenvalue weighted by molar-refractivity contribution is 0.365. The molecule has 5 rings (SSSR count). The number of nitrogens with zero attached hydrogens (tertiary/aromatic N) is 6. The van der Waals surface area contributed by atoms with Crippen LogP contribution in [0.2, 0.25) is 0 Å². The Morgan fingerprint density at radius 3 is 2.74 bits per heavy atom. The van der Waals surface area contributed by atoms with Crippen LogP contribution in [0.3, 0.4) is 0 Å². The van der Waals surface area contributed by atoms with Crippen molar-refractivity contribution in [1.82, 2.24) is 29.9 Å². The molecule has 0 aliphatic carbocycles. The maximum Gasteiger partial charge on any atom is 0.245 e. The van der Waals surface area contributed by atoms with Crippen molar-refractivity contribution in [2.75, 3.05) is 24.5 Å². The number of phenolic OH excluding ortho intramolecular Hbond substituents is 1. The Labute approximate surface area is 180 Å². The molecule has 0 saturated carbocycles. The molecule has 0 amide bonds. The molecule has 0 radical (unpaired) electrons. The summed E-state index contributed by atoms with van der Waals surface area (Å²) >= 11 is 0. The molecule has 0 spiro atoms. The highest BCUT2D eigenvalue weighted by atomic mass is 16.3. The van der Waals surface area contributed by atoms with Gasteiger partial charge in [-0.15, -0.1) is 10.2 Å². The molecule has 4 heterocycles. The topological polar surface area (TPSA) is 91.5 Å². The van der Waals surface area contributed by atoms with Gasteiger partial charge in [-0.05, 0) is 41.3 Å². The zero-order chi connectivity index (χ0) is 21.4. The van der Waals surface area contributed by atoms with E-state index in [1.807, 2.05) is 41.1 Å². The van der Waals surface area contributed by atoms with Crippen molar-refractivity contribution >= 4 is 11.6 Å². The van der Waals surface area contributed by atoms with Gasteiger partial charge in [0.1, 0.15) is 17.1 Å². The molecule has 1 unspecified atom stereocenters. The second-order valence-electron chi connectivity index (χ2n) is 8.24. The van der Waals surface area contributed by atoms with Crippen LogP contribution in [0.5, 0.6) is 5.75 Å². The van der Waals surface area contributed by atoms with Crippen molar-refractivity contribution in [3.63, 3.8) is 0 Å². The Kier molecular flexibility index (Phi) is 4.99. The van der Waals surface area contributed by atoms with Crippen molar-refractivity contribution in [1.29, 1.82) is 0 Å². The van der Waals surface area contributed by atoms with Gasteiger partial charge in [-0.1, -0.05) is 19.9 Å². The zero-order valence-corrected chi connectivity index (χ0v) is 17.6. The Bertz CT molecular complexity index is 1200. The number of hydrogen-bond acceptors (Lipinski definition) is 7. The summed E-state index contributed by atoms with van der Waals surface area (Å²) in [6.07, 6.45) is 7.34. The number of rotatable bonds is 4. The number of phenols is 1. The summed E-state index contributed by atoms with van der Waals surface area (Å²) in [6, 6.07) is 9.92. The van der Waals surface area contributed by atoms with Gasteiger partial charge in [0.15, 0.2) is 0 Å². The number of pyridine rings is 1. The van der Waals surface area contributed by atoms with Crippen LogP contribution in [0.1, 0.15) is 13.8 Å². The molecule has 8 heteroatoms. The quantitative estimate of drug-likeness (QED) is 0.529. The standard InChI is InChI=1S/C23H25N7O/c1-15(2)20-14-30(10-7-24-20)23-26-12-19(27-28-23)18-5-3-16(11-21(18)31)17-4-6-22-25-8-9-29(22)13-17/h3-6,8-9,11-13,15,20,24,31H,7,10,14H2,1-2H3. The maximum absolute atomic E-state index is 10.7. The fourth-order valence-corrected chi connectivity index (χ4v) is 3.96. The molecule has 1 atom stereocenters. The molecule has 4 aromatic rings. The predicted octanol–water partition coefficient (Wildman–Crippen LogP) is 2.99. The highest BCUT2D eigenvalue weighted by molar-refractivity contribution is 5.74. The van der Waals surface area contributed by atoms with Gasteiger partial charge in [0.2, 0.25) is 5.95 Å². The fraction of sp³-hybridized carbons (Fsp3) is 0.304. The molecular weight excluding hydrogens is 390 g/mol. The highest BCUT2D eigenvalue weighted by Crippen LogP contribution is 2.32. The normalized spacial score (nSPS) is 16.9. The second-order valence-corrected chi connectivity index (χ2v) is 8.24. The highest BCUT2D eigenvalue weighted by Gasteiger charge is 2.23. The van der Waals surface area contributed by atoms with E-state index in [4.69, 9.17) is 0 Å². The van der Waals surface area contributed by atoms with E-state index in [1.165, 1.54) is 0 Å². The molecule has 158 valence electrons. The minimum Gasteiger partial charge on any atom is -0.507 e. The Hall–Kier alpha value is -3.52. The van der Waals surface area contributed by atoms with Crippen LogP contribution in [-0.4, -0.2) is 55.3 Å². The largest absolute Gasteiger partial charge is 0.507 e. The second kappa shape index (κ2) is 7.96. The van der Waals surface area contributed by atoms with E-state index in [9.17, 15) is 5.11 Å². The molecule has 8 nitrogen and oxygen atoms in total. The van der Waals surface area contributed by atoms with Crippen molar-refractivity contribution < 1.29 is 5.11 Å². The van der Waals surface area contributed by atoms with Gasteiger partial charge in [0, 0.05) is 49.8 Å². The monoisotopic (exact) mass is 415 g/mol. The summed E-state index contributed by atoms with van der Waals surface area (Å²) in [6.45, 7) is 7.04. The van der Waals surface area contributed by atoms with E-state index >= 15 is 0 Å². The number of benzene rings is 1. The van der Waals surface area contributed by atoms with E-state index in [0.29, 0.717) is 29.2 Å². The Morgan fingerprint density at radius 2 is 1.97 bits per heavy atom. The van der Waals surface area contributed by atoms with E-state index < -0.39 is 0 Å². The summed E-state index contributed by atoms with van der Waals surface area (Å²) in [7, 11) is 0. The fourth-order valence-electron chi connectivity index (χ4n) is 3.96. The molecule has 1 fully saturated rings. The van der Waals surface area contributed by atoms with Gasteiger partial charge >= 0.3 is 0 Å². The number of piperazine rings is 1. The average molecular weight is 416 g/mol. The molecule has 2 N–H and O–H groups in total. The first-order chi connectivity index (χ1) is 15.1. The predicted molar refractivity (Wildman–Crippen MR) is 120 cm³/mol. The van der Waals surface area contributed by atoms with Crippen LogP contribution >= 0.6 is 0 Å². The van der Waals surface area contributed by atoms with Crippen LogP contribution in [0.4, 0.5) is 5.95 Å². The molecule has 1 saturated heterocycles. The maximum atomic E-state index is 10.7. The Morgan fingerprint density at radius 1 is 1.10 bits per heavy atom. The molecule has 1 aliphatic rings. The number of hydrogen-bond donors (Lipinski definition) is 2. The van der Waals surface area contributed by atoms with Gasteiger partial charge in [-0.2, -0.15) is 0 Å². The van der Waals surface area contributed by atoms with Crippen molar-refractivity contribution in [3.05, 3.63) is 55.1 Å². The Balaban J connectivity index is 1.37. The summed E-state index contributed by atoms with van der Waals surface area (Å²) in [5, 5.41) is 22.9. The van der Waals surface area contributed by atoms with E-state index in [-0.39, 0.29) is 5.75 Å². The average Bonchev–Trinajstić information content (AvgIpc) is 3.27. The summed E-state index contributed by atoms with van der Waals surface area (Å²) in [4.78, 5) is 10.9. The number of aromatic hydroxyl groups is 1. The number of nitrogens with one attached hydrogen (secondary N) is 1. The third kappa shape index (κ3) is 3.82. The number of anilines is 1. The van der Waals surface area contributed by atoms with Gasteiger partial charge < -0.3 is 19.7 Å². The van der Waals surface area contributed by atoms with Gasteiger partial charge in [-0.25, -0.2) is 9.97 Å². The molecule has 0 bridgehead atoms. The molecular formula is C23H25N7O. The van der Waals surface area contributed by atoms with Crippen LogP contribution in [0.15, 0.2) is 55.1 Å². The molecule has 1 aliphatic heterocycles. The lowest BCUT2D eigenvalue weighted by Gasteiger charge is -2.35. The van der Waals surface area contributed by atoms with Gasteiger partial charge in [0.25, 0.3) is 0 Å². The van der Waals surface area contributed by atoms with Crippen LogP contribution in [0.25, 0.3) is 28.0 Å². The summed E-state index contributed by atoms with van der Waals surface area (Å²) in [5.41, 5.74) is 3.95. The van der Waals surface area contributed by atoms with E-state index in [0.717, 1.165) is 36.4 Å². The molecule has 3 aromatic heterocycles. The van der Waals surface area contributed by atoms with Crippen LogP contribution in [-0.2, 0) is 0 Å². The first-order valence-corrected chi connectivity index (χ1v) is 10.5. The van der Waals surface area contributed by atoms with Gasteiger partial charge in [0.05, 0.1) is 6.20 Å². The SMILES string of the molecule is CC(C)C1CN(c2ncc(-c3ccc(-c4ccc5nccn5c4)cc3O)nn2)CCN1. The first-order valence-electron chi connectivity index (χ1n) is 10.5. The van der Waals surface area contributed by atoms with E-state index in [2.05, 4.69) is 44.2 Å². The summed E-state index contributed by atoms with van der Waals surface area (Å²) < 4.78 is 1.95. The third-order valence-electron chi connectivity index (χ3n) is 5.84. The number of fused-ring (bicyclic) bond motifs is 1. The van der Waals surface area contributed by atoms with Gasteiger partial charge in [-0.3, -0.25) is 0 Å². The third-order valence-corrected chi connectivity index (χ3v) is 5.84. The first kappa shape index (κ1) is 19.4. The van der Waals surface area contributed by atoms with Crippen molar-refractivity contribution in [3.8, 4) is 28.1 Å². The summed E-state index contributed by atoms with van der Waals surface area (Å²) in [5.74, 6) is 1.31. The minimum absolute atomic E-state index is 0.147. The molecule has 31 heavy (non-hydrogen) atoms. The van der Waals surface area contributed by atoms with Crippen LogP contribution < -0.4 is 10.2 Å². The minimum atomic E-state index is 0.147. The van der Waals surface area contributed by atoms with Crippen LogP contribution in [0, 0.1) is 5.92 Å². The smallest absolute Gasteiger partial charge is 0.245 e. The number of imidazole rings is 1. The molecule has 1 aromatic carbocycles. The zero-order valence-electron chi connectivity index (χ0n) is 17.6. The van der Waals surface area contributed by atoms with Crippen molar-refractivity contribution in [2.45, 2.75) is 19.9 Å². The lowest BCUT2D eigenvalue weighted by Crippen LogP contribution is -2.53. The van der Waals surface area contributed by atoms with E-state index in [1.54, 1.807) is 18.5 Å². The van der Waals surface area contributed by atoms with Crippen molar-refractivity contribution in [2.24, 2.45) is 5.92 Å².